The standard InChI is InChI=1S/C16H26N4O/c1-11-10-17-7-8-19(11)15(21)13-9-14(12-5-6-12)20(18-13)16(2,3)4/h9,11-12,17H,5-8,10H2,1-4H3. The van der Waals surface area contributed by atoms with Gasteiger partial charge in [0.05, 0.1) is 5.54 Å². The minimum absolute atomic E-state index is 0.0777. The molecule has 0 bridgehead atoms. The number of rotatable bonds is 2. The van der Waals surface area contributed by atoms with Gasteiger partial charge >= 0.3 is 0 Å². The second-order valence-electron chi connectivity index (χ2n) is 7.36. The Bertz CT molecular complexity index is 539. The Hall–Kier alpha value is -1.36. The molecule has 5 nitrogen and oxygen atoms in total. The molecule has 1 N–H and O–H groups in total. The summed E-state index contributed by atoms with van der Waals surface area (Å²) in [7, 11) is 0. The highest BCUT2D eigenvalue weighted by atomic mass is 16.2. The molecule has 21 heavy (non-hydrogen) atoms. The summed E-state index contributed by atoms with van der Waals surface area (Å²) in [6.07, 6.45) is 2.44. The number of carbonyl (C=O) groups is 1. The molecule has 1 aliphatic heterocycles. The highest BCUT2D eigenvalue weighted by Gasteiger charge is 2.34. The van der Waals surface area contributed by atoms with E-state index in [2.05, 4.69) is 42.8 Å². The third-order valence-corrected chi connectivity index (χ3v) is 4.35. The van der Waals surface area contributed by atoms with Crippen LogP contribution in [0.5, 0.6) is 0 Å². The van der Waals surface area contributed by atoms with Crippen molar-refractivity contribution in [2.24, 2.45) is 0 Å². The Morgan fingerprint density at radius 3 is 2.67 bits per heavy atom. The molecule has 0 aromatic carbocycles. The number of nitrogens with zero attached hydrogens (tertiary/aromatic N) is 3. The van der Waals surface area contributed by atoms with Gasteiger partial charge in [-0.1, -0.05) is 0 Å². The van der Waals surface area contributed by atoms with Gasteiger partial charge in [-0.3, -0.25) is 9.48 Å². The molecule has 0 radical (unpaired) electrons. The number of amides is 1. The Morgan fingerprint density at radius 1 is 1.38 bits per heavy atom. The molecular formula is C16H26N4O. The molecule has 1 amide bonds. The van der Waals surface area contributed by atoms with E-state index in [1.807, 2.05) is 11.0 Å². The van der Waals surface area contributed by atoms with Crippen molar-refractivity contribution >= 4 is 5.91 Å². The molecule has 1 unspecified atom stereocenters. The quantitative estimate of drug-likeness (QED) is 0.905. The van der Waals surface area contributed by atoms with Crippen LogP contribution < -0.4 is 5.32 Å². The van der Waals surface area contributed by atoms with E-state index in [0.29, 0.717) is 11.6 Å². The van der Waals surface area contributed by atoms with Crippen molar-refractivity contribution in [3.8, 4) is 0 Å². The van der Waals surface area contributed by atoms with Crippen LogP contribution in [0.15, 0.2) is 6.07 Å². The van der Waals surface area contributed by atoms with E-state index in [0.717, 1.165) is 19.6 Å². The minimum Gasteiger partial charge on any atom is -0.332 e. The van der Waals surface area contributed by atoms with Crippen LogP contribution in [-0.4, -0.2) is 46.3 Å². The molecule has 1 aromatic rings. The zero-order chi connectivity index (χ0) is 15.2. The predicted molar refractivity (Wildman–Crippen MR) is 82.6 cm³/mol. The van der Waals surface area contributed by atoms with Gasteiger partial charge in [0.2, 0.25) is 0 Å². The van der Waals surface area contributed by atoms with Crippen molar-refractivity contribution in [1.82, 2.24) is 20.0 Å². The first kappa shape index (κ1) is 14.6. The zero-order valence-electron chi connectivity index (χ0n) is 13.5. The third-order valence-electron chi connectivity index (χ3n) is 4.35. The average molecular weight is 290 g/mol. The molecule has 0 spiro atoms. The fourth-order valence-corrected chi connectivity index (χ4v) is 3.00. The maximum atomic E-state index is 12.8. The average Bonchev–Trinajstić information content (AvgIpc) is 3.16. The summed E-state index contributed by atoms with van der Waals surface area (Å²) in [5.74, 6) is 0.674. The van der Waals surface area contributed by atoms with Crippen LogP contribution in [0.1, 0.15) is 62.6 Å². The molecule has 1 saturated heterocycles. The second kappa shape index (κ2) is 5.13. The summed E-state index contributed by atoms with van der Waals surface area (Å²) in [5.41, 5.74) is 1.76. The van der Waals surface area contributed by atoms with Crippen LogP contribution in [0.2, 0.25) is 0 Å². The number of nitrogens with one attached hydrogen (secondary N) is 1. The van der Waals surface area contributed by atoms with Gasteiger partial charge in [0.25, 0.3) is 5.91 Å². The molecule has 116 valence electrons. The summed E-state index contributed by atoms with van der Waals surface area (Å²) in [6, 6.07) is 2.26. The fourth-order valence-electron chi connectivity index (χ4n) is 3.00. The number of hydrogen-bond acceptors (Lipinski definition) is 3. The highest BCUT2D eigenvalue weighted by molar-refractivity contribution is 5.92. The summed E-state index contributed by atoms with van der Waals surface area (Å²) >= 11 is 0. The van der Waals surface area contributed by atoms with Crippen LogP contribution in [0.4, 0.5) is 0 Å². The van der Waals surface area contributed by atoms with Gasteiger partial charge < -0.3 is 10.2 Å². The molecular weight excluding hydrogens is 264 g/mol. The van der Waals surface area contributed by atoms with Crippen LogP contribution in [0.3, 0.4) is 0 Å². The molecule has 2 heterocycles. The van der Waals surface area contributed by atoms with Gasteiger partial charge in [-0.15, -0.1) is 0 Å². The summed E-state index contributed by atoms with van der Waals surface area (Å²) in [6.45, 7) is 11.0. The van der Waals surface area contributed by atoms with Gasteiger partial charge in [-0.25, -0.2) is 0 Å². The van der Waals surface area contributed by atoms with E-state index in [9.17, 15) is 4.79 Å². The Labute approximate surface area is 126 Å². The fraction of sp³-hybridized carbons (Fsp3) is 0.750. The molecule has 5 heteroatoms. The summed E-state index contributed by atoms with van der Waals surface area (Å²) in [4.78, 5) is 14.7. The number of hydrogen-bond donors (Lipinski definition) is 1. The normalized spacial score (nSPS) is 23.4. The van der Waals surface area contributed by atoms with Crippen LogP contribution in [-0.2, 0) is 5.54 Å². The largest absolute Gasteiger partial charge is 0.332 e. The Morgan fingerprint density at radius 2 is 2.10 bits per heavy atom. The lowest BCUT2D eigenvalue weighted by Crippen LogP contribution is -2.52. The lowest BCUT2D eigenvalue weighted by Gasteiger charge is -2.33. The van der Waals surface area contributed by atoms with Crippen molar-refractivity contribution in [1.29, 1.82) is 0 Å². The van der Waals surface area contributed by atoms with Gasteiger partial charge in [-0.2, -0.15) is 5.10 Å². The van der Waals surface area contributed by atoms with Crippen molar-refractivity contribution in [3.63, 3.8) is 0 Å². The highest BCUT2D eigenvalue weighted by Crippen LogP contribution is 2.41. The molecule has 2 aliphatic rings. The molecule has 1 aromatic heterocycles. The lowest BCUT2D eigenvalue weighted by molar-refractivity contribution is 0.0648. The second-order valence-corrected chi connectivity index (χ2v) is 7.36. The van der Waals surface area contributed by atoms with Gasteiger partial charge in [0.15, 0.2) is 5.69 Å². The van der Waals surface area contributed by atoms with E-state index in [1.54, 1.807) is 0 Å². The summed E-state index contributed by atoms with van der Waals surface area (Å²) < 4.78 is 2.06. The molecule has 1 aliphatic carbocycles. The summed E-state index contributed by atoms with van der Waals surface area (Å²) in [5, 5.41) is 7.98. The molecule has 1 saturated carbocycles. The van der Waals surface area contributed by atoms with E-state index < -0.39 is 0 Å². The maximum absolute atomic E-state index is 12.8. The topological polar surface area (TPSA) is 50.2 Å². The number of piperazine rings is 1. The Balaban J connectivity index is 1.90. The predicted octanol–water partition coefficient (Wildman–Crippen LogP) is 1.95. The van der Waals surface area contributed by atoms with E-state index >= 15 is 0 Å². The zero-order valence-corrected chi connectivity index (χ0v) is 13.5. The number of aromatic nitrogens is 2. The van der Waals surface area contributed by atoms with E-state index in [1.165, 1.54) is 18.5 Å². The van der Waals surface area contributed by atoms with Crippen molar-refractivity contribution < 1.29 is 4.79 Å². The minimum atomic E-state index is -0.0779. The van der Waals surface area contributed by atoms with Crippen LogP contribution >= 0.6 is 0 Å². The molecule has 3 rings (SSSR count). The molecule has 2 fully saturated rings. The smallest absolute Gasteiger partial charge is 0.274 e. The van der Waals surface area contributed by atoms with Crippen molar-refractivity contribution in [2.75, 3.05) is 19.6 Å². The van der Waals surface area contributed by atoms with E-state index in [4.69, 9.17) is 0 Å². The van der Waals surface area contributed by atoms with Gasteiger partial charge in [-0.05, 0) is 46.6 Å². The first-order valence-corrected chi connectivity index (χ1v) is 8.00. The monoisotopic (exact) mass is 290 g/mol. The van der Waals surface area contributed by atoms with Gasteiger partial charge in [0.1, 0.15) is 0 Å². The van der Waals surface area contributed by atoms with Crippen molar-refractivity contribution in [2.45, 2.75) is 58.0 Å². The third kappa shape index (κ3) is 2.84. The first-order valence-electron chi connectivity index (χ1n) is 8.00. The molecule has 1 atom stereocenters. The van der Waals surface area contributed by atoms with Gasteiger partial charge in [0, 0.05) is 37.3 Å². The van der Waals surface area contributed by atoms with Crippen molar-refractivity contribution in [3.05, 3.63) is 17.5 Å². The maximum Gasteiger partial charge on any atom is 0.274 e. The van der Waals surface area contributed by atoms with E-state index in [-0.39, 0.29) is 17.5 Å². The SMILES string of the molecule is CC1CNCCN1C(=O)c1cc(C2CC2)n(C(C)(C)C)n1. The number of carbonyl (C=O) groups excluding carboxylic acids is 1. The van der Waals surface area contributed by atoms with Crippen LogP contribution in [0, 0.1) is 0 Å². The first-order chi connectivity index (χ1) is 9.88. The lowest BCUT2D eigenvalue weighted by atomic mass is 10.1. The Kier molecular flexibility index (Phi) is 3.56. The van der Waals surface area contributed by atoms with Crippen LogP contribution in [0.25, 0.3) is 0 Å².